The molecule has 1 aromatic carbocycles. The first kappa shape index (κ1) is 19.3. The van der Waals surface area contributed by atoms with E-state index in [2.05, 4.69) is 9.62 Å². The summed E-state index contributed by atoms with van der Waals surface area (Å²) in [6, 6.07) is 8.41. The predicted molar refractivity (Wildman–Crippen MR) is 104 cm³/mol. The van der Waals surface area contributed by atoms with Crippen LogP contribution < -0.4 is 4.72 Å². The van der Waals surface area contributed by atoms with Gasteiger partial charge in [-0.2, -0.15) is 0 Å². The van der Waals surface area contributed by atoms with E-state index < -0.39 is 10.0 Å². The van der Waals surface area contributed by atoms with E-state index in [0.717, 1.165) is 49.6 Å². The summed E-state index contributed by atoms with van der Waals surface area (Å²) in [6.07, 6.45) is 4.59. The van der Waals surface area contributed by atoms with Crippen molar-refractivity contribution in [3.8, 4) is 0 Å². The molecule has 1 aliphatic carbocycles. The van der Waals surface area contributed by atoms with Gasteiger partial charge in [-0.1, -0.05) is 18.2 Å². The highest BCUT2D eigenvalue weighted by atomic mass is 32.2. The van der Waals surface area contributed by atoms with Crippen molar-refractivity contribution >= 4 is 10.0 Å². The molecule has 1 fully saturated rings. The highest BCUT2D eigenvalue weighted by Crippen LogP contribution is 2.30. The van der Waals surface area contributed by atoms with E-state index >= 15 is 0 Å². The number of rotatable bonds is 7. The quantitative estimate of drug-likeness (QED) is 0.746. The second-order valence-corrected chi connectivity index (χ2v) is 8.84. The first-order valence-corrected chi connectivity index (χ1v) is 11.2. The predicted octanol–water partition coefficient (Wildman–Crippen LogP) is 1.99. The molecule has 1 N–H and O–H groups in total. The third-order valence-electron chi connectivity index (χ3n) is 5.10. The Kier molecular flexibility index (Phi) is 5.89. The molecule has 1 saturated heterocycles. The molecule has 152 valence electrons. The molecule has 0 bridgehead atoms. The molecule has 1 aromatic rings. The van der Waals surface area contributed by atoms with Gasteiger partial charge in [0.1, 0.15) is 25.6 Å². The fourth-order valence-corrected chi connectivity index (χ4v) is 4.99. The molecule has 0 amide bonds. The first-order valence-electron chi connectivity index (χ1n) is 9.73. The first-order chi connectivity index (χ1) is 13.6. The van der Waals surface area contributed by atoms with Crippen LogP contribution in [-0.4, -0.2) is 58.8 Å². The molecule has 0 spiro atoms. The van der Waals surface area contributed by atoms with Gasteiger partial charge in [0.05, 0.1) is 4.90 Å². The zero-order valence-electron chi connectivity index (χ0n) is 15.8. The molecule has 1 unspecified atom stereocenters. The van der Waals surface area contributed by atoms with Crippen LogP contribution in [-0.2, 0) is 24.2 Å². The Morgan fingerprint density at radius 2 is 2.00 bits per heavy atom. The van der Waals surface area contributed by atoms with Crippen LogP contribution >= 0.6 is 0 Å². The Balaban J connectivity index is 1.24. The summed E-state index contributed by atoms with van der Waals surface area (Å²) in [6.45, 7) is 3.95. The minimum Gasteiger partial charge on any atom is -0.490 e. The van der Waals surface area contributed by atoms with Crippen molar-refractivity contribution in [2.24, 2.45) is 0 Å². The van der Waals surface area contributed by atoms with Gasteiger partial charge in [-0.25, -0.2) is 13.1 Å². The summed E-state index contributed by atoms with van der Waals surface area (Å²) in [5.41, 5.74) is 0. The summed E-state index contributed by atoms with van der Waals surface area (Å²) < 4.78 is 45.0. The lowest BCUT2D eigenvalue weighted by Crippen LogP contribution is -2.37. The lowest BCUT2D eigenvalue weighted by Gasteiger charge is -2.26. The number of ether oxygens (including phenoxy) is 3. The van der Waals surface area contributed by atoms with E-state index in [1.807, 2.05) is 12.1 Å². The molecule has 4 rings (SSSR count). The van der Waals surface area contributed by atoms with Crippen LogP contribution in [0.5, 0.6) is 0 Å². The number of likely N-dealkylation sites (tertiary alicyclic amines) is 1. The minimum absolute atomic E-state index is 0.0801. The van der Waals surface area contributed by atoms with Gasteiger partial charge in [-0.3, -0.25) is 4.90 Å². The molecule has 3 aliphatic rings. The van der Waals surface area contributed by atoms with Crippen LogP contribution in [0.25, 0.3) is 0 Å². The van der Waals surface area contributed by atoms with Gasteiger partial charge in [0.25, 0.3) is 0 Å². The number of nitrogens with one attached hydrogen (secondary N) is 1. The SMILES string of the molecule is O=S(=O)(NC1CCN(CCOC2=CCCC3=C2OCCO3)C1)c1ccccc1. The fourth-order valence-electron chi connectivity index (χ4n) is 3.70. The smallest absolute Gasteiger partial charge is 0.240 e. The standard InChI is InChI=1S/C20H26N2O5S/c23-28(24,17-5-2-1-3-6-17)21-16-9-10-22(15-16)11-12-25-18-7-4-8-19-20(18)27-14-13-26-19/h1-3,5-7,16,21H,4,8-15H2. The largest absolute Gasteiger partial charge is 0.490 e. The summed E-state index contributed by atoms with van der Waals surface area (Å²) in [4.78, 5) is 2.52. The molecule has 0 aromatic heterocycles. The molecule has 28 heavy (non-hydrogen) atoms. The molecule has 2 aliphatic heterocycles. The molecule has 0 radical (unpaired) electrons. The Morgan fingerprint density at radius 3 is 2.86 bits per heavy atom. The van der Waals surface area contributed by atoms with E-state index in [1.165, 1.54) is 0 Å². The monoisotopic (exact) mass is 406 g/mol. The minimum atomic E-state index is -3.47. The Labute approximate surface area is 166 Å². The fraction of sp³-hybridized carbons (Fsp3) is 0.500. The van der Waals surface area contributed by atoms with Crippen molar-refractivity contribution in [2.45, 2.75) is 30.2 Å². The maximum absolute atomic E-state index is 12.5. The molecule has 2 heterocycles. The summed E-state index contributed by atoms with van der Waals surface area (Å²) in [5.74, 6) is 2.40. The van der Waals surface area contributed by atoms with Crippen LogP contribution in [0.4, 0.5) is 0 Å². The van der Waals surface area contributed by atoms with E-state index in [9.17, 15) is 8.42 Å². The number of allylic oxidation sites excluding steroid dienone is 2. The normalized spacial score (nSPS) is 22.9. The summed E-state index contributed by atoms with van der Waals surface area (Å²) >= 11 is 0. The van der Waals surface area contributed by atoms with Crippen LogP contribution in [0, 0.1) is 0 Å². The van der Waals surface area contributed by atoms with Crippen LogP contribution in [0.2, 0.25) is 0 Å². The van der Waals surface area contributed by atoms with Gasteiger partial charge < -0.3 is 14.2 Å². The molecule has 1 atom stereocenters. The number of hydrogen-bond acceptors (Lipinski definition) is 6. The third-order valence-corrected chi connectivity index (χ3v) is 6.63. The highest BCUT2D eigenvalue weighted by Gasteiger charge is 2.28. The van der Waals surface area contributed by atoms with E-state index in [1.54, 1.807) is 24.3 Å². The maximum atomic E-state index is 12.5. The summed E-state index contributed by atoms with van der Waals surface area (Å²) in [7, 11) is -3.47. The van der Waals surface area contributed by atoms with Crippen molar-refractivity contribution < 1.29 is 22.6 Å². The van der Waals surface area contributed by atoms with Crippen LogP contribution in [0.1, 0.15) is 19.3 Å². The Bertz CT molecular complexity index is 851. The van der Waals surface area contributed by atoms with E-state index in [-0.39, 0.29) is 6.04 Å². The zero-order valence-corrected chi connectivity index (χ0v) is 16.6. The van der Waals surface area contributed by atoms with Gasteiger partial charge in [0.2, 0.25) is 10.0 Å². The van der Waals surface area contributed by atoms with Gasteiger partial charge >= 0.3 is 0 Å². The molecule has 7 nitrogen and oxygen atoms in total. The van der Waals surface area contributed by atoms with Gasteiger partial charge in [0.15, 0.2) is 11.5 Å². The van der Waals surface area contributed by atoms with E-state index in [0.29, 0.717) is 31.3 Å². The molecular formula is C20H26N2O5S. The summed E-state index contributed by atoms with van der Waals surface area (Å²) in [5, 5.41) is 0. The third kappa shape index (κ3) is 4.51. The Hall–Kier alpha value is -2.03. The van der Waals surface area contributed by atoms with E-state index in [4.69, 9.17) is 14.2 Å². The topological polar surface area (TPSA) is 77.1 Å². The molecule has 8 heteroatoms. The maximum Gasteiger partial charge on any atom is 0.240 e. The zero-order chi connectivity index (χ0) is 19.4. The van der Waals surface area contributed by atoms with Crippen LogP contribution in [0.15, 0.2) is 58.6 Å². The number of benzene rings is 1. The van der Waals surface area contributed by atoms with Gasteiger partial charge in [-0.05, 0) is 37.6 Å². The van der Waals surface area contributed by atoms with Crippen LogP contribution in [0.3, 0.4) is 0 Å². The average molecular weight is 407 g/mol. The van der Waals surface area contributed by atoms with Crippen molar-refractivity contribution in [2.75, 3.05) is 39.5 Å². The second kappa shape index (κ2) is 8.55. The van der Waals surface area contributed by atoms with Crippen molar-refractivity contribution in [3.05, 3.63) is 53.7 Å². The van der Waals surface area contributed by atoms with Gasteiger partial charge in [-0.15, -0.1) is 0 Å². The molecular weight excluding hydrogens is 380 g/mol. The second-order valence-electron chi connectivity index (χ2n) is 7.13. The lowest BCUT2D eigenvalue weighted by atomic mass is 10.1. The van der Waals surface area contributed by atoms with Gasteiger partial charge in [0, 0.05) is 25.6 Å². The average Bonchev–Trinajstić information content (AvgIpc) is 3.15. The highest BCUT2D eigenvalue weighted by molar-refractivity contribution is 7.89. The lowest BCUT2D eigenvalue weighted by molar-refractivity contribution is 0.0403. The van der Waals surface area contributed by atoms with Crippen molar-refractivity contribution in [1.82, 2.24) is 9.62 Å². The number of sulfonamides is 1. The Morgan fingerprint density at radius 1 is 1.18 bits per heavy atom. The number of nitrogens with zero attached hydrogens (tertiary/aromatic N) is 1. The number of hydrogen-bond donors (Lipinski definition) is 1. The molecule has 0 saturated carbocycles. The van der Waals surface area contributed by atoms with Crippen molar-refractivity contribution in [1.29, 1.82) is 0 Å². The van der Waals surface area contributed by atoms with Crippen molar-refractivity contribution in [3.63, 3.8) is 0 Å².